The van der Waals surface area contributed by atoms with Crippen LogP contribution in [0.25, 0.3) is 0 Å². The van der Waals surface area contributed by atoms with Gasteiger partial charge in [-0.25, -0.2) is 0 Å². The lowest BCUT2D eigenvalue weighted by Crippen LogP contribution is -2.34. The summed E-state index contributed by atoms with van der Waals surface area (Å²) in [7, 11) is 0. The molecule has 5 heteroatoms. The number of aromatic hydroxyl groups is 1. The summed E-state index contributed by atoms with van der Waals surface area (Å²) in [6.45, 7) is 0.204. The summed E-state index contributed by atoms with van der Waals surface area (Å²) in [5, 5.41) is 9.20. The Morgan fingerprint density at radius 3 is 2.29 bits per heavy atom. The molecule has 0 aromatic heterocycles. The van der Waals surface area contributed by atoms with Gasteiger partial charge in [-0.3, -0.25) is 4.79 Å². The van der Waals surface area contributed by atoms with Crippen LogP contribution in [0.2, 0.25) is 0 Å². The number of carbonyl (C=O) groups is 1. The van der Waals surface area contributed by atoms with Gasteiger partial charge in [-0.2, -0.15) is 0 Å². The normalized spacial score (nSPS) is 11.9. The number of hydrogen-bond donors (Lipinski definition) is 2. The van der Waals surface area contributed by atoms with Crippen molar-refractivity contribution in [1.82, 2.24) is 0 Å². The average Bonchev–Trinajstić information content (AvgIpc) is 2.48. The summed E-state index contributed by atoms with van der Waals surface area (Å²) in [5.41, 5.74) is 7.61. The van der Waals surface area contributed by atoms with Crippen LogP contribution in [0, 0.1) is 0 Å². The van der Waals surface area contributed by atoms with Crippen molar-refractivity contribution < 1.29 is 14.6 Å². The van der Waals surface area contributed by atoms with Gasteiger partial charge in [-0.1, -0.05) is 40.2 Å². The van der Waals surface area contributed by atoms with Gasteiger partial charge in [0.15, 0.2) is 0 Å². The van der Waals surface area contributed by atoms with E-state index in [1.54, 1.807) is 24.3 Å². The minimum Gasteiger partial charge on any atom is -0.508 e. The number of phenolic OH excluding ortho intramolecular Hbond substituents is 1. The van der Waals surface area contributed by atoms with Crippen LogP contribution >= 0.6 is 15.9 Å². The molecule has 0 amide bonds. The fraction of sp³-hybridized carbons (Fsp3) is 0.188. The molecule has 2 aromatic rings. The van der Waals surface area contributed by atoms with Gasteiger partial charge >= 0.3 is 5.97 Å². The summed E-state index contributed by atoms with van der Waals surface area (Å²) in [6, 6.07) is 13.4. The fourth-order valence-corrected chi connectivity index (χ4v) is 2.08. The summed E-state index contributed by atoms with van der Waals surface area (Å²) in [6.07, 6.45) is 0.374. The highest BCUT2D eigenvalue weighted by Gasteiger charge is 2.15. The smallest absolute Gasteiger partial charge is 0.323 e. The van der Waals surface area contributed by atoms with Gasteiger partial charge in [0.1, 0.15) is 18.4 Å². The Balaban J connectivity index is 1.84. The average molecular weight is 350 g/mol. The molecule has 110 valence electrons. The zero-order chi connectivity index (χ0) is 15.2. The summed E-state index contributed by atoms with van der Waals surface area (Å²) >= 11 is 3.35. The van der Waals surface area contributed by atoms with Crippen molar-refractivity contribution >= 4 is 21.9 Å². The van der Waals surface area contributed by atoms with E-state index in [1.165, 1.54) is 0 Å². The lowest BCUT2D eigenvalue weighted by Gasteiger charge is -2.12. The first-order valence-electron chi connectivity index (χ1n) is 6.49. The Morgan fingerprint density at radius 2 is 1.67 bits per heavy atom. The molecule has 0 aliphatic carbocycles. The molecule has 3 N–H and O–H groups in total. The lowest BCUT2D eigenvalue weighted by molar-refractivity contribution is -0.146. The van der Waals surface area contributed by atoms with Crippen molar-refractivity contribution in [3.63, 3.8) is 0 Å². The summed E-state index contributed by atoms with van der Waals surface area (Å²) in [5.74, 6) is -0.254. The van der Waals surface area contributed by atoms with Gasteiger partial charge in [-0.15, -0.1) is 0 Å². The highest BCUT2D eigenvalue weighted by Crippen LogP contribution is 2.13. The van der Waals surface area contributed by atoms with E-state index in [-0.39, 0.29) is 12.4 Å². The molecule has 0 aliphatic rings. The number of rotatable bonds is 5. The van der Waals surface area contributed by atoms with Crippen molar-refractivity contribution in [1.29, 1.82) is 0 Å². The topological polar surface area (TPSA) is 72.5 Å². The molecular weight excluding hydrogens is 334 g/mol. The third-order valence-electron chi connectivity index (χ3n) is 2.99. The first-order valence-corrected chi connectivity index (χ1v) is 7.28. The molecule has 4 nitrogen and oxygen atoms in total. The maximum absolute atomic E-state index is 11.8. The molecule has 0 unspecified atom stereocenters. The van der Waals surface area contributed by atoms with E-state index in [1.807, 2.05) is 24.3 Å². The molecule has 2 rings (SSSR count). The molecule has 0 spiro atoms. The van der Waals surface area contributed by atoms with Crippen molar-refractivity contribution in [3.05, 3.63) is 64.1 Å². The first kappa shape index (κ1) is 15.5. The van der Waals surface area contributed by atoms with E-state index in [9.17, 15) is 9.90 Å². The van der Waals surface area contributed by atoms with Gasteiger partial charge in [0.25, 0.3) is 0 Å². The number of phenols is 1. The van der Waals surface area contributed by atoms with Crippen LogP contribution < -0.4 is 5.73 Å². The quantitative estimate of drug-likeness (QED) is 0.814. The maximum atomic E-state index is 11.8. The Hall–Kier alpha value is -1.85. The predicted octanol–water partition coefficient (Wildman–Crippen LogP) is 2.77. The summed E-state index contributed by atoms with van der Waals surface area (Å²) < 4.78 is 6.17. The van der Waals surface area contributed by atoms with Crippen LogP contribution in [0.4, 0.5) is 0 Å². The van der Waals surface area contributed by atoms with E-state index in [0.29, 0.717) is 6.42 Å². The Morgan fingerprint density at radius 1 is 1.10 bits per heavy atom. The maximum Gasteiger partial charge on any atom is 0.323 e. The standard InChI is InChI=1S/C16H16BrNO3/c17-13-5-1-12(2-6-13)10-21-16(20)15(18)9-11-3-7-14(19)8-4-11/h1-8,15,19H,9-10,18H2/t15-/m0/s1. The Labute approximate surface area is 131 Å². The predicted molar refractivity (Wildman–Crippen MR) is 83.7 cm³/mol. The van der Waals surface area contributed by atoms with Gasteiger partial charge in [0.05, 0.1) is 0 Å². The number of hydrogen-bond acceptors (Lipinski definition) is 4. The van der Waals surface area contributed by atoms with Crippen molar-refractivity contribution in [2.24, 2.45) is 5.73 Å². The molecule has 0 aliphatic heterocycles. The number of ether oxygens (including phenoxy) is 1. The molecule has 0 fully saturated rings. The largest absolute Gasteiger partial charge is 0.508 e. The second-order valence-electron chi connectivity index (χ2n) is 4.71. The van der Waals surface area contributed by atoms with E-state index in [4.69, 9.17) is 10.5 Å². The lowest BCUT2D eigenvalue weighted by atomic mass is 10.1. The van der Waals surface area contributed by atoms with E-state index < -0.39 is 12.0 Å². The highest BCUT2D eigenvalue weighted by molar-refractivity contribution is 9.10. The molecule has 2 aromatic carbocycles. The zero-order valence-electron chi connectivity index (χ0n) is 11.3. The molecule has 0 heterocycles. The van der Waals surface area contributed by atoms with Crippen LogP contribution in [0.5, 0.6) is 5.75 Å². The SMILES string of the molecule is N[C@@H](Cc1ccc(O)cc1)C(=O)OCc1ccc(Br)cc1. The van der Waals surface area contributed by atoms with Crippen molar-refractivity contribution in [2.75, 3.05) is 0 Å². The third kappa shape index (κ3) is 4.88. The van der Waals surface area contributed by atoms with Crippen LogP contribution in [-0.4, -0.2) is 17.1 Å². The van der Waals surface area contributed by atoms with Gasteiger partial charge in [-0.05, 0) is 41.8 Å². The van der Waals surface area contributed by atoms with E-state index >= 15 is 0 Å². The number of benzene rings is 2. The molecule has 1 atom stereocenters. The molecule has 21 heavy (non-hydrogen) atoms. The van der Waals surface area contributed by atoms with E-state index in [2.05, 4.69) is 15.9 Å². The van der Waals surface area contributed by atoms with Gasteiger partial charge in [0.2, 0.25) is 0 Å². The van der Waals surface area contributed by atoms with Gasteiger partial charge < -0.3 is 15.6 Å². The monoisotopic (exact) mass is 349 g/mol. The summed E-state index contributed by atoms with van der Waals surface area (Å²) in [4.78, 5) is 11.8. The first-order chi connectivity index (χ1) is 10.0. The molecule has 0 radical (unpaired) electrons. The number of esters is 1. The molecule has 0 saturated heterocycles. The second kappa shape index (κ2) is 7.24. The van der Waals surface area contributed by atoms with Crippen LogP contribution in [0.3, 0.4) is 0 Å². The van der Waals surface area contributed by atoms with Crippen LogP contribution in [0.1, 0.15) is 11.1 Å². The van der Waals surface area contributed by atoms with Crippen molar-refractivity contribution in [3.8, 4) is 5.75 Å². The van der Waals surface area contributed by atoms with Crippen molar-refractivity contribution in [2.45, 2.75) is 19.1 Å². The molecular formula is C16H16BrNO3. The van der Waals surface area contributed by atoms with Crippen LogP contribution in [0.15, 0.2) is 53.0 Å². The number of carbonyl (C=O) groups excluding carboxylic acids is 1. The van der Waals surface area contributed by atoms with E-state index in [0.717, 1.165) is 15.6 Å². The minimum absolute atomic E-state index is 0.185. The van der Waals surface area contributed by atoms with Crippen LogP contribution in [-0.2, 0) is 22.6 Å². The second-order valence-corrected chi connectivity index (χ2v) is 5.63. The van der Waals surface area contributed by atoms with Gasteiger partial charge in [0, 0.05) is 4.47 Å². The fourth-order valence-electron chi connectivity index (χ4n) is 1.81. The Bertz CT molecular complexity index is 596. The molecule has 0 saturated carbocycles. The minimum atomic E-state index is -0.718. The number of nitrogens with two attached hydrogens (primary N) is 1. The molecule has 0 bridgehead atoms. The Kier molecular flexibility index (Phi) is 5.36. The number of halogens is 1. The zero-order valence-corrected chi connectivity index (χ0v) is 12.9. The third-order valence-corrected chi connectivity index (χ3v) is 3.52. The highest BCUT2D eigenvalue weighted by atomic mass is 79.9.